The molecule has 0 spiro atoms. The summed E-state index contributed by atoms with van der Waals surface area (Å²) in [5.41, 5.74) is 1.05. The number of benzene rings is 1. The number of nitrogens with one attached hydrogen (secondary N) is 1. The standard InChI is InChI=1S/C13H17NO2/c1-4-9-16-13-11(10-14-3)7-6-8-12(13)15-5-2/h1,6-8,14H,5,9-10H2,2-3H3. The zero-order valence-electron chi connectivity index (χ0n) is 9.75. The second kappa shape index (κ2) is 6.76. The molecule has 0 saturated carbocycles. The molecule has 0 aliphatic heterocycles. The van der Waals surface area contributed by atoms with Crippen LogP contribution in [0.1, 0.15) is 12.5 Å². The van der Waals surface area contributed by atoms with Crippen molar-refractivity contribution in [2.75, 3.05) is 20.3 Å². The van der Waals surface area contributed by atoms with E-state index in [4.69, 9.17) is 15.9 Å². The zero-order chi connectivity index (χ0) is 11.8. The van der Waals surface area contributed by atoms with Crippen LogP contribution in [0, 0.1) is 12.3 Å². The van der Waals surface area contributed by atoms with Gasteiger partial charge in [0.1, 0.15) is 6.61 Å². The molecular weight excluding hydrogens is 202 g/mol. The lowest BCUT2D eigenvalue weighted by Gasteiger charge is -2.14. The van der Waals surface area contributed by atoms with Crippen LogP contribution >= 0.6 is 0 Å². The monoisotopic (exact) mass is 219 g/mol. The second-order valence-electron chi connectivity index (χ2n) is 3.20. The summed E-state index contributed by atoms with van der Waals surface area (Å²) in [6, 6.07) is 5.82. The maximum Gasteiger partial charge on any atom is 0.167 e. The molecule has 1 aromatic carbocycles. The molecule has 3 nitrogen and oxygen atoms in total. The molecule has 0 amide bonds. The highest BCUT2D eigenvalue weighted by atomic mass is 16.5. The summed E-state index contributed by atoms with van der Waals surface area (Å²) < 4.78 is 11.0. The first-order valence-electron chi connectivity index (χ1n) is 5.29. The lowest BCUT2D eigenvalue weighted by Crippen LogP contribution is -2.09. The Kier molecular flexibility index (Phi) is 5.24. The van der Waals surface area contributed by atoms with Gasteiger partial charge in [0.15, 0.2) is 11.5 Å². The van der Waals surface area contributed by atoms with Crippen LogP contribution in [0.5, 0.6) is 11.5 Å². The highest BCUT2D eigenvalue weighted by Gasteiger charge is 2.09. The molecular formula is C13H17NO2. The maximum absolute atomic E-state index is 5.52. The molecule has 0 fully saturated rings. The maximum atomic E-state index is 5.52. The third kappa shape index (κ3) is 3.18. The molecule has 0 aromatic heterocycles. The molecule has 0 radical (unpaired) electrons. The van der Waals surface area contributed by atoms with Crippen LogP contribution in [-0.2, 0) is 6.54 Å². The Balaban J connectivity index is 2.97. The predicted molar refractivity (Wildman–Crippen MR) is 64.7 cm³/mol. The van der Waals surface area contributed by atoms with Crippen molar-refractivity contribution < 1.29 is 9.47 Å². The van der Waals surface area contributed by atoms with Crippen LogP contribution in [0.15, 0.2) is 18.2 Å². The van der Waals surface area contributed by atoms with E-state index in [9.17, 15) is 0 Å². The van der Waals surface area contributed by atoms with Gasteiger partial charge in [-0.3, -0.25) is 0 Å². The minimum absolute atomic E-state index is 0.251. The van der Waals surface area contributed by atoms with Gasteiger partial charge >= 0.3 is 0 Å². The van der Waals surface area contributed by atoms with Gasteiger partial charge in [0, 0.05) is 12.1 Å². The lowest BCUT2D eigenvalue weighted by molar-refractivity contribution is 0.296. The molecule has 1 aromatic rings. The van der Waals surface area contributed by atoms with Crippen molar-refractivity contribution in [3.8, 4) is 23.8 Å². The normalized spacial score (nSPS) is 9.56. The first kappa shape index (κ1) is 12.4. The Morgan fingerprint density at radius 3 is 2.81 bits per heavy atom. The van der Waals surface area contributed by atoms with Crippen molar-refractivity contribution in [3.63, 3.8) is 0 Å². The van der Waals surface area contributed by atoms with E-state index in [0.717, 1.165) is 23.6 Å². The van der Waals surface area contributed by atoms with E-state index >= 15 is 0 Å². The molecule has 3 heteroatoms. The summed E-state index contributed by atoms with van der Waals surface area (Å²) in [5, 5.41) is 3.08. The molecule has 0 saturated heterocycles. The summed E-state index contributed by atoms with van der Waals surface area (Å²) >= 11 is 0. The van der Waals surface area contributed by atoms with Gasteiger partial charge in [0.25, 0.3) is 0 Å². The molecule has 0 heterocycles. The first-order valence-corrected chi connectivity index (χ1v) is 5.29. The van der Waals surface area contributed by atoms with E-state index in [1.54, 1.807) is 0 Å². The second-order valence-corrected chi connectivity index (χ2v) is 3.20. The van der Waals surface area contributed by atoms with E-state index in [-0.39, 0.29) is 6.61 Å². The average Bonchev–Trinajstić information content (AvgIpc) is 2.29. The quantitative estimate of drug-likeness (QED) is 0.740. The topological polar surface area (TPSA) is 30.5 Å². The summed E-state index contributed by atoms with van der Waals surface area (Å²) in [4.78, 5) is 0. The number of terminal acetylenes is 1. The van der Waals surface area contributed by atoms with Gasteiger partial charge in [-0.05, 0) is 20.0 Å². The highest BCUT2D eigenvalue weighted by molar-refractivity contribution is 5.46. The van der Waals surface area contributed by atoms with Crippen LogP contribution in [0.25, 0.3) is 0 Å². The van der Waals surface area contributed by atoms with Gasteiger partial charge in [-0.25, -0.2) is 0 Å². The van der Waals surface area contributed by atoms with E-state index in [1.165, 1.54) is 0 Å². The summed E-state index contributed by atoms with van der Waals surface area (Å²) in [5.74, 6) is 3.93. The van der Waals surface area contributed by atoms with Gasteiger partial charge in [0.2, 0.25) is 0 Å². The largest absolute Gasteiger partial charge is 0.490 e. The number of hydrogen-bond acceptors (Lipinski definition) is 3. The SMILES string of the molecule is C#CCOc1c(CNC)cccc1OCC. The summed E-state index contributed by atoms with van der Waals surface area (Å²) in [6.45, 7) is 3.52. The Morgan fingerprint density at radius 1 is 1.38 bits per heavy atom. The van der Waals surface area contributed by atoms with E-state index in [2.05, 4.69) is 11.2 Å². The summed E-state index contributed by atoms with van der Waals surface area (Å²) in [7, 11) is 1.89. The van der Waals surface area contributed by atoms with Gasteiger partial charge in [-0.2, -0.15) is 0 Å². The highest BCUT2D eigenvalue weighted by Crippen LogP contribution is 2.31. The fourth-order valence-electron chi connectivity index (χ4n) is 1.44. The average molecular weight is 219 g/mol. The van der Waals surface area contributed by atoms with Crippen molar-refractivity contribution in [1.82, 2.24) is 5.32 Å². The fourth-order valence-corrected chi connectivity index (χ4v) is 1.44. The van der Waals surface area contributed by atoms with Gasteiger partial charge in [0.05, 0.1) is 6.61 Å². The Bertz CT molecular complexity index is 344. The number of rotatable bonds is 6. The van der Waals surface area contributed by atoms with Gasteiger partial charge in [-0.15, -0.1) is 6.42 Å². The van der Waals surface area contributed by atoms with Crippen molar-refractivity contribution in [2.45, 2.75) is 13.5 Å². The molecule has 0 atom stereocenters. The fraction of sp³-hybridized carbons (Fsp3) is 0.385. The van der Waals surface area contributed by atoms with Crippen LogP contribution in [0.3, 0.4) is 0 Å². The number of para-hydroxylation sites is 1. The Morgan fingerprint density at radius 2 is 2.19 bits per heavy atom. The third-order valence-electron chi connectivity index (χ3n) is 2.03. The molecule has 86 valence electrons. The van der Waals surface area contributed by atoms with Crippen molar-refractivity contribution in [3.05, 3.63) is 23.8 Å². The molecule has 0 bridgehead atoms. The van der Waals surface area contributed by atoms with E-state index in [1.807, 2.05) is 32.2 Å². The molecule has 1 N–H and O–H groups in total. The molecule has 16 heavy (non-hydrogen) atoms. The van der Waals surface area contributed by atoms with Crippen LogP contribution in [0.2, 0.25) is 0 Å². The third-order valence-corrected chi connectivity index (χ3v) is 2.03. The lowest BCUT2D eigenvalue weighted by atomic mass is 10.2. The van der Waals surface area contributed by atoms with E-state index < -0.39 is 0 Å². The van der Waals surface area contributed by atoms with Crippen LogP contribution in [-0.4, -0.2) is 20.3 Å². The molecule has 0 unspecified atom stereocenters. The minimum atomic E-state index is 0.251. The minimum Gasteiger partial charge on any atom is -0.490 e. The Hall–Kier alpha value is -1.66. The van der Waals surface area contributed by atoms with Crippen LogP contribution in [0.4, 0.5) is 0 Å². The molecule has 1 rings (SSSR count). The van der Waals surface area contributed by atoms with Gasteiger partial charge < -0.3 is 14.8 Å². The van der Waals surface area contributed by atoms with Gasteiger partial charge in [-0.1, -0.05) is 18.1 Å². The first-order chi connectivity index (χ1) is 7.83. The van der Waals surface area contributed by atoms with E-state index in [0.29, 0.717) is 6.61 Å². The van der Waals surface area contributed by atoms with Crippen molar-refractivity contribution in [2.24, 2.45) is 0 Å². The Labute approximate surface area is 96.8 Å². The zero-order valence-corrected chi connectivity index (χ0v) is 9.75. The smallest absolute Gasteiger partial charge is 0.167 e. The predicted octanol–water partition coefficient (Wildman–Crippen LogP) is 1.82. The van der Waals surface area contributed by atoms with Crippen molar-refractivity contribution in [1.29, 1.82) is 0 Å². The number of hydrogen-bond donors (Lipinski definition) is 1. The number of ether oxygens (including phenoxy) is 2. The van der Waals surface area contributed by atoms with Crippen molar-refractivity contribution >= 4 is 0 Å². The molecule has 0 aliphatic rings. The van der Waals surface area contributed by atoms with Crippen LogP contribution < -0.4 is 14.8 Å². The molecule has 0 aliphatic carbocycles. The summed E-state index contributed by atoms with van der Waals surface area (Å²) in [6.07, 6.45) is 5.19.